The number of alkyl halides is 2. The number of fused-ring (bicyclic) bond motifs is 5. The molecule has 3 amide bonds. The van der Waals surface area contributed by atoms with Gasteiger partial charge in [0.25, 0.3) is 5.91 Å². The lowest BCUT2D eigenvalue weighted by atomic mass is 9.81. The molecule has 6 atom stereocenters. The van der Waals surface area contributed by atoms with E-state index >= 15 is 0 Å². The third kappa shape index (κ3) is 4.23. The van der Waals surface area contributed by atoms with Crippen molar-refractivity contribution in [2.24, 2.45) is 23.7 Å². The second kappa shape index (κ2) is 8.94. The summed E-state index contributed by atoms with van der Waals surface area (Å²) in [6, 6.07) is 5.42. The first-order chi connectivity index (χ1) is 14.7. The number of hydrogen-bond acceptors (Lipinski definition) is 5. The number of nitrogens with one attached hydrogen (secondary N) is 1. The minimum absolute atomic E-state index is 0.0176. The largest absolute Gasteiger partial charge is 0.456 e. The standard InChI is InChI=1S/C21H21Br3N2O5/c1-9-6-10(22)2-3-13(9)25-14(27)8-31-15(28)4-5-26-20(29)16-11-7-12(17(16)21(26)30)19(24)18(11)23/h2-3,6,11-12,16-19H,4-5,7-8H2,1H3,(H,25,27)/t11-,12-,16-,17+,18-,19+/m1/s1. The second-order valence-corrected chi connectivity index (χ2v) is 11.3. The van der Waals surface area contributed by atoms with Gasteiger partial charge in [-0.25, -0.2) is 0 Å². The van der Waals surface area contributed by atoms with Gasteiger partial charge in [-0.2, -0.15) is 0 Å². The molecule has 4 rings (SSSR count). The Bertz CT molecular complexity index is 923. The molecular weight excluding hydrogens is 600 g/mol. The second-order valence-electron chi connectivity index (χ2n) is 8.25. The molecule has 1 aromatic carbocycles. The summed E-state index contributed by atoms with van der Waals surface area (Å²) < 4.78 is 5.93. The summed E-state index contributed by atoms with van der Waals surface area (Å²) in [5.41, 5.74) is 1.50. The number of carbonyl (C=O) groups is 4. The number of amides is 3. The molecule has 3 aliphatic rings. The SMILES string of the molecule is Cc1cc(Br)ccc1NC(=O)COC(=O)CCN1C(=O)[C@@H]2[C@H]3C[C@@H]([C@H](Br)[C@@H]3Br)[C@@H]2C1=O. The van der Waals surface area contributed by atoms with Crippen LogP contribution in [0.4, 0.5) is 5.69 Å². The number of hydrogen-bond donors (Lipinski definition) is 1. The van der Waals surface area contributed by atoms with Crippen LogP contribution in [0.5, 0.6) is 0 Å². The van der Waals surface area contributed by atoms with Gasteiger partial charge in [0.15, 0.2) is 6.61 Å². The average molecular weight is 621 g/mol. The van der Waals surface area contributed by atoms with Crippen molar-refractivity contribution in [2.45, 2.75) is 29.4 Å². The van der Waals surface area contributed by atoms with Gasteiger partial charge in [-0.3, -0.25) is 24.1 Å². The number of ether oxygens (including phenoxy) is 1. The van der Waals surface area contributed by atoms with E-state index in [2.05, 4.69) is 53.1 Å². The molecule has 0 spiro atoms. The number of halogens is 3. The fraction of sp³-hybridized carbons (Fsp3) is 0.524. The summed E-state index contributed by atoms with van der Waals surface area (Å²) in [5, 5.41) is 2.69. The minimum Gasteiger partial charge on any atom is -0.456 e. The number of carbonyl (C=O) groups excluding carboxylic acids is 4. The third-order valence-electron chi connectivity index (χ3n) is 6.44. The molecule has 31 heavy (non-hydrogen) atoms. The van der Waals surface area contributed by atoms with Gasteiger partial charge in [0, 0.05) is 26.4 Å². The van der Waals surface area contributed by atoms with Gasteiger partial charge in [0.2, 0.25) is 11.8 Å². The van der Waals surface area contributed by atoms with E-state index in [1.807, 2.05) is 13.0 Å². The number of aryl methyl sites for hydroxylation is 1. The van der Waals surface area contributed by atoms with Crippen molar-refractivity contribution in [1.29, 1.82) is 0 Å². The number of anilines is 1. The minimum atomic E-state index is -0.625. The van der Waals surface area contributed by atoms with Crippen molar-refractivity contribution < 1.29 is 23.9 Å². The molecule has 166 valence electrons. The normalized spacial score (nSPS) is 31.2. The van der Waals surface area contributed by atoms with E-state index in [0.29, 0.717) is 5.69 Å². The smallest absolute Gasteiger partial charge is 0.308 e. The monoisotopic (exact) mass is 618 g/mol. The summed E-state index contributed by atoms with van der Waals surface area (Å²) in [6.45, 7) is 1.41. The van der Waals surface area contributed by atoms with Crippen molar-refractivity contribution in [3.05, 3.63) is 28.2 Å². The molecule has 1 heterocycles. The molecule has 0 aromatic heterocycles. The van der Waals surface area contributed by atoms with E-state index in [-0.39, 0.29) is 58.1 Å². The predicted octanol–water partition coefficient (Wildman–Crippen LogP) is 3.41. The molecule has 0 radical (unpaired) electrons. The van der Waals surface area contributed by atoms with Crippen LogP contribution in [-0.4, -0.2) is 51.4 Å². The molecule has 1 aromatic rings. The molecule has 2 bridgehead atoms. The molecule has 0 unspecified atom stereocenters. The Hall–Kier alpha value is -1.26. The Morgan fingerprint density at radius 1 is 1.13 bits per heavy atom. The number of benzene rings is 1. The Morgan fingerprint density at radius 3 is 2.32 bits per heavy atom. The van der Waals surface area contributed by atoms with Gasteiger partial charge >= 0.3 is 5.97 Å². The highest BCUT2D eigenvalue weighted by Gasteiger charge is 2.66. The predicted molar refractivity (Wildman–Crippen MR) is 124 cm³/mol. The van der Waals surface area contributed by atoms with Gasteiger partial charge in [0.1, 0.15) is 0 Å². The van der Waals surface area contributed by atoms with Crippen molar-refractivity contribution in [1.82, 2.24) is 4.90 Å². The van der Waals surface area contributed by atoms with Gasteiger partial charge in [-0.05, 0) is 48.9 Å². The van der Waals surface area contributed by atoms with Crippen LogP contribution in [0.25, 0.3) is 0 Å². The van der Waals surface area contributed by atoms with Crippen molar-refractivity contribution >= 4 is 77.2 Å². The molecule has 2 saturated carbocycles. The summed E-state index contributed by atoms with van der Waals surface area (Å²) in [6.07, 6.45) is 0.730. The number of rotatable bonds is 6. The number of nitrogens with zero attached hydrogens (tertiary/aromatic N) is 1. The number of likely N-dealkylation sites (tertiary alicyclic amines) is 1. The lowest BCUT2D eigenvalue weighted by molar-refractivity contribution is -0.149. The van der Waals surface area contributed by atoms with Crippen LogP contribution in [0.1, 0.15) is 18.4 Å². The summed E-state index contributed by atoms with van der Waals surface area (Å²) in [7, 11) is 0. The van der Waals surface area contributed by atoms with E-state index in [0.717, 1.165) is 16.5 Å². The van der Waals surface area contributed by atoms with Gasteiger partial charge in [-0.1, -0.05) is 47.8 Å². The van der Waals surface area contributed by atoms with E-state index < -0.39 is 18.5 Å². The average Bonchev–Trinajstić information content (AvgIpc) is 3.32. The van der Waals surface area contributed by atoms with Crippen molar-refractivity contribution in [3.8, 4) is 0 Å². The zero-order chi connectivity index (χ0) is 22.4. The van der Waals surface area contributed by atoms with Gasteiger partial charge in [-0.15, -0.1) is 0 Å². The fourth-order valence-electron chi connectivity index (χ4n) is 5.01. The summed E-state index contributed by atoms with van der Waals surface area (Å²) >= 11 is 10.7. The molecule has 10 heteroatoms. The maximum atomic E-state index is 12.8. The number of esters is 1. The Kier molecular flexibility index (Phi) is 6.61. The molecule has 7 nitrogen and oxygen atoms in total. The van der Waals surface area contributed by atoms with Crippen LogP contribution >= 0.6 is 47.8 Å². The molecule has 1 saturated heterocycles. The molecule has 3 fully saturated rings. The molecule has 2 aliphatic carbocycles. The van der Waals surface area contributed by atoms with Crippen LogP contribution in [0.3, 0.4) is 0 Å². The van der Waals surface area contributed by atoms with Crippen molar-refractivity contribution in [2.75, 3.05) is 18.5 Å². The summed E-state index contributed by atoms with van der Waals surface area (Å²) in [4.78, 5) is 51.4. The topological polar surface area (TPSA) is 92.8 Å². The van der Waals surface area contributed by atoms with Crippen LogP contribution in [0, 0.1) is 30.6 Å². The van der Waals surface area contributed by atoms with E-state index in [1.165, 1.54) is 4.90 Å². The van der Waals surface area contributed by atoms with Crippen LogP contribution in [0.15, 0.2) is 22.7 Å². The molecule has 1 N–H and O–H groups in total. The zero-order valence-corrected chi connectivity index (χ0v) is 21.4. The zero-order valence-electron chi connectivity index (χ0n) is 16.6. The van der Waals surface area contributed by atoms with E-state index in [9.17, 15) is 19.2 Å². The summed E-state index contributed by atoms with van der Waals surface area (Å²) in [5.74, 6) is -1.79. The Labute approximate surface area is 205 Å². The highest BCUT2D eigenvalue weighted by atomic mass is 79.9. The molecular formula is C21H21Br3N2O5. The maximum absolute atomic E-state index is 12.8. The highest BCUT2D eigenvalue weighted by molar-refractivity contribution is 9.12. The number of imide groups is 1. The first kappa shape index (κ1) is 22.9. The van der Waals surface area contributed by atoms with E-state index in [1.54, 1.807) is 12.1 Å². The first-order valence-corrected chi connectivity index (χ1v) is 12.7. The maximum Gasteiger partial charge on any atom is 0.308 e. The third-order valence-corrected chi connectivity index (χ3v) is 10.1. The quantitative estimate of drug-likeness (QED) is 0.299. The lowest BCUT2D eigenvalue weighted by Gasteiger charge is -2.28. The lowest BCUT2D eigenvalue weighted by Crippen LogP contribution is -2.37. The molecule has 1 aliphatic heterocycles. The fourth-order valence-corrected chi connectivity index (χ4v) is 7.35. The highest BCUT2D eigenvalue weighted by Crippen LogP contribution is 2.60. The van der Waals surface area contributed by atoms with Crippen molar-refractivity contribution in [3.63, 3.8) is 0 Å². The van der Waals surface area contributed by atoms with Crippen LogP contribution in [-0.2, 0) is 23.9 Å². The van der Waals surface area contributed by atoms with Crippen LogP contribution < -0.4 is 5.32 Å². The first-order valence-electron chi connectivity index (χ1n) is 10.0. The Morgan fingerprint density at radius 2 is 1.74 bits per heavy atom. The van der Waals surface area contributed by atoms with Gasteiger partial charge in [0.05, 0.1) is 18.3 Å². The Balaban J connectivity index is 1.26. The van der Waals surface area contributed by atoms with Crippen LogP contribution in [0.2, 0.25) is 0 Å². The van der Waals surface area contributed by atoms with Gasteiger partial charge < -0.3 is 10.1 Å². The van der Waals surface area contributed by atoms with E-state index in [4.69, 9.17) is 4.74 Å².